The number of fused-ring (bicyclic) bond motifs is 5. The molecule has 0 bridgehead atoms. The van der Waals surface area contributed by atoms with Gasteiger partial charge in [-0.05, 0) is 43.8 Å². The molecule has 1 aromatic carbocycles. The summed E-state index contributed by atoms with van der Waals surface area (Å²) in [7, 11) is 0. The monoisotopic (exact) mass is 463 g/mol. The first-order chi connectivity index (χ1) is 16.2. The van der Waals surface area contributed by atoms with Crippen molar-refractivity contribution in [2.75, 3.05) is 57.4 Å². The maximum absolute atomic E-state index is 13.6. The van der Waals surface area contributed by atoms with E-state index in [9.17, 15) is 9.59 Å². The van der Waals surface area contributed by atoms with Crippen LogP contribution >= 0.6 is 11.3 Å². The molecule has 33 heavy (non-hydrogen) atoms. The number of aromatic nitrogens is 2. The Kier molecular flexibility index (Phi) is 5.24. The molecule has 9 heteroatoms. The highest BCUT2D eigenvalue weighted by Gasteiger charge is 2.24. The third-order valence-corrected chi connectivity index (χ3v) is 7.64. The van der Waals surface area contributed by atoms with E-state index >= 15 is 0 Å². The molecule has 170 valence electrons. The standard InChI is InChI=1S/C24H25N5O3S/c30-21-16-6-7-19(28-12-14-32-15-13-28)26-22(16)29-17-4-1-2-5-18(17)33-24(29)20(21)23(31)25-8-11-27-9-3-10-27/h1-2,4-7H,3,8-15H2,(H,25,31). The first-order valence-electron chi connectivity index (χ1n) is 11.4. The van der Waals surface area contributed by atoms with Gasteiger partial charge in [0, 0.05) is 26.2 Å². The van der Waals surface area contributed by atoms with Gasteiger partial charge in [-0.15, -0.1) is 11.3 Å². The van der Waals surface area contributed by atoms with Crippen molar-refractivity contribution in [1.82, 2.24) is 19.6 Å². The van der Waals surface area contributed by atoms with Crippen LogP contribution in [0.15, 0.2) is 41.2 Å². The van der Waals surface area contributed by atoms with Crippen molar-refractivity contribution in [3.8, 4) is 0 Å². The van der Waals surface area contributed by atoms with Gasteiger partial charge in [0.05, 0.1) is 28.8 Å². The van der Waals surface area contributed by atoms with Gasteiger partial charge in [0.25, 0.3) is 5.91 Å². The molecule has 2 saturated heterocycles. The van der Waals surface area contributed by atoms with Crippen LogP contribution in [0.3, 0.4) is 0 Å². The second-order valence-corrected chi connectivity index (χ2v) is 9.54. The Morgan fingerprint density at radius 3 is 2.70 bits per heavy atom. The Balaban J connectivity index is 1.50. The fourth-order valence-electron chi connectivity index (χ4n) is 4.57. The molecule has 6 rings (SSSR count). The summed E-state index contributed by atoms with van der Waals surface area (Å²) < 4.78 is 8.46. The zero-order valence-electron chi connectivity index (χ0n) is 18.2. The second-order valence-electron chi connectivity index (χ2n) is 8.51. The normalized spacial score (nSPS) is 17.0. The zero-order chi connectivity index (χ0) is 22.4. The molecular weight excluding hydrogens is 438 g/mol. The van der Waals surface area contributed by atoms with E-state index in [-0.39, 0.29) is 16.9 Å². The molecule has 0 unspecified atom stereocenters. The topological polar surface area (TPSA) is 79.2 Å². The number of amides is 1. The molecular formula is C24H25N5O3S. The average molecular weight is 464 g/mol. The van der Waals surface area contributed by atoms with E-state index in [1.165, 1.54) is 17.8 Å². The van der Waals surface area contributed by atoms with E-state index in [1.54, 1.807) is 0 Å². The average Bonchev–Trinajstić information content (AvgIpc) is 3.20. The molecule has 0 radical (unpaired) electrons. The van der Waals surface area contributed by atoms with Gasteiger partial charge in [0.2, 0.25) is 5.43 Å². The predicted molar refractivity (Wildman–Crippen MR) is 131 cm³/mol. The molecule has 8 nitrogen and oxygen atoms in total. The number of benzene rings is 1. The van der Waals surface area contributed by atoms with Crippen LogP contribution in [0.2, 0.25) is 0 Å². The summed E-state index contributed by atoms with van der Waals surface area (Å²) in [6.07, 6.45) is 1.21. The number of hydrogen-bond donors (Lipinski definition) is 1. The van der Waals surface area contributed by atoms with E-state index in [4.69, 9.17) is 9.72 Å². The third-order valence-electron chi connectivity index (χ3n) is 6.50. The van der Waals surface area contributed by atoms with Crippen LogP contribution in [-0.2, 0) is 4.74 Å². The number of pyridine rings is 2. The lowest BCUT2D eigenvalue weighted by Gasteiger charge is -2.30. The number of likely N-dealkylation sites (tertiary alicyclic amines) is 1. The van der Waals surface area contributed by atoms with Crippen molar-refractivity contribution >= 4 is 49.1 Å². The predicted octanol–water partition coefficient (Wildman–Crippen LogP) is 2.33. The molecule has 0 aliphatic carbocycles. The fourth-order valence-corrected chi connectivity index (χ4v) is 5.75. The molecule has 0 spiro atoms. The number of carbonyl (C=O) groups excluding carboxylic acids is 1. The summed E-state index contributed by atoms with van der Waals surface area (Å²) in [5.41, 5.74) is 1.48. The van der Waals surface area contributed by atoms with Crippen LogP contribution in [-0.4, -0.2) is 72.7 Å². The van der Waals surface area contributed by atoms with E-state index in [1.807, 2.05) is 40.8 Å². The summed E-state index contributed by atoms with van der Waals surface area (Å²) >= 11 is 1.46. The number of morpholine rings is 1. The number of anilines is 1. The first-order valence-corrected chi connectivity index (χ1v) is 12.2. The zero-order valence-corrected chi connectivity index (χ0v) is 19.1. The van der Waals surface area contributed by atoms with E-state index in [2.05, 4.69) is 15.1 Å². The third kappa shape index (κ3) is 3.56. The van der Waals surface area contributed by atoms with Crippen molar-refractivity contribution in [3.05, 3.63) is 52.2 Å². The van der Waals surface area contributed by atoms with Crippen LogP contribution in [0.4, 0.5) is 5.82 Å². The van der Waals surface area contributed by atoms with Crippen LogP contribution in [0.5, 0.6) is 0 Å². The van der Waals surface area contributed by atoms with Crippen molar-refractivity contribution in [1.29, 1.82) is 0 Å². The first kappa shape index (κ1) is 20.6. The van der Waals surface area contributed by atoms with Gasteiger partial charge in [-0.2, -0.15) is 0 Å². The minimum Gasteiger partial charge on any atom is -0.378 e. The summed E-state index contributed by atoms with van der Waals surface area (Å²) in [6, 6.07) is 11.7. The smallest absolute Gasteiger partial charge is 0.258 e. The molecule has 0 atom stereocenters. The highest BCUT2D eigenvalue weighted by Crippen LogP contribution is 2.31. The van der Waals surface area contributed by atoms with Gasteiger partial charge in [-0.25, -0.2) is 4.98 Å². The Bertz CT molecular complexity index is 1420. The van der Waals surface area contributed by atoms with Gasteiger partial charge in [-0.3, -0.25) is 14.0 Å². The van der Waals surface area contributed by atoms with Crippen molar-refractivity contribution in [2.45, 2.75) is 6.42 Å². The van der Waals surface area contributed by atoms with E-state index in [0.29, 0.717) is 35.6 Å². The molecule has 3 aromatic heterocycles. The summed E-state index contributed by atoms with van der Waals surface area (Å²) in [4.78, 5) is 36.8. The minimum absolute atomic E-state index is 0.202. The Hall–Kier alpha value is -3.01. The maximum atomic E-state index is 13.6. The summed E-state index contributed by atoms with van der Waals surface area (Å²) in [5.74, 6) is 0.504. The Morgan fingerprint density at radius 2 is 1.91 bits per heavy atom. The minimum atomic E-state index is -0.316. The quantitative estimate of drug-likeness (QED) is 0.490. The van der Waals surface area contributed by atoms with Gasteiger partial charge < -0.3 is 19.9 Å². The lowest BCUT2D eigenvalue weighted by molar-refractivity contribution is 0.0942. The molecule has 5 heterocycles. The SMILES string of the molecule is O=C(NCCN1CCC1)c1c(=O)c2ccc(N3CCOCC3)nc2n2c1sc1ccccc12. The summed E-state index contributed by atoms with van der Waals surface area (Å²) in [6.45, 7) is 6.33. The summed E-state index contributed by atoms with van der Waals surface area (Å²) in [5, 5.41) is 3.43. The van der Waals surface area contributed by atoms with Crippen LogP contribution in [0.1, 0.15) is 16.8 Å². The molecule has 2 aliphatic heterocycles. The van der Waals surface area contributed by atoms with Gasteiger partial charge in [0.1, 0.15) is 16.2 Å². The molecule has 0 saturated carbocycles. The number of para-hydroxylation sites is 1. The Morgan fingerprint density at radius 1 is 1.09 bits per heavy atom. The van der Waals surface area contributed by atoms with Crippen molar-refractivity contribution in [2.24, 2.45) is 0 Å². The highest BCUT2D eigenvalue weighted by atomic mass is 32.1. The number of rotatable bonds is 5. The van der Waals surface area contributed by atoms with Crippen molar-refractivity contribution in [3.63, 3.8) is 0 Å². The van der Waals surface area contributed by atoms with Crippen molar-refractivity contribution < 1.29 is 9.53 Å². The fraction of sp³-hybridized carbons (Fsp3) is 0.375. The van der Waals surface area contributed by atoms with Gasteiger partial charge in [-0.1, -0.05) is 12.1 Å². The van der Waals surface area contributed by atoms with Crippen LogP contribution in [0, 0.1) is 0 Å². The number of nitrogens with one attached hydrogen (secondary N) is 1. The molecule has 1 amide bonds. The molecule has 2 fully saturated rings. The number of thiazole rings is 1. The van der Waals surface area contributed by atoms with Gasteiger partial charge >= 0.3 is 0 Å². The lowest BCUT2D eigenvalue weighted by Crippen LogP contribution is -2.43. The molecule has 4 aromatic rings. The molecule has 1 N–H and O–H groups in total. The number of carbonyl (C=O) groups is 1. The maximum Gasteiger partial charge on any atom is 0.258 e. The largest absolute Gasteiger partial charge is 0.378 e. The van der Waals surface area contributed by atoms with E-state index < -0.39 is 0 Å². The molecule has 2 aliphatic rings. The van der Waals surface area contributed by atoms with Crippen LogP contribution in [0.25, 0.3) is 26.1 Å². The highest BCUT2D eigenvalue weighted by molar-refractivity contribution is 7.24. The second kappa shape index (κ2) is 8.40. The number of ether oxygens (including phenoxy) is 1. The number of hydrogen-bond acceptors (Lipinski definition) is 7. The van der Waals surface area contributed by atoms with Gasteiger partial charge in [0.15, 0.2) is 5.65 Å². The Labute approximate surface area is 194 Å². The number of nitrogens with zero attached hydrogens (tertiary/aromatic N) is 4. The lowest BCUT2D eigenvalue weighted by atomic mass is 10.1. The van der Waals surface area contributed by atoms with Crippen LogP contribution < -0.4 is 15.6 Å². The van der Waals surface area contributed by atoms with E-state index in [0.717, 1.165) is 48.8 Å².